The molecule has 2 atom stereocenters. The lowest BCUT2D eigenvalue weighted by Crippen LogP contribution is -2.16. The van der Waals surface area contributed by atoms with Crippen LogP contribution >= 0.6 is 31.9 Å². The highest BCUT2D eigenvalue weighted by atomic mass is 79.9. The molecule has 0 saturated carbocycles. The average molecular weight is 1040 g/mol. The van der Waals surface area contributed by atoms with Crippen molar-refractivity contribution < 1.29 is 0 Å². The Labute approximate surface area is 430 Å². The van der Waals surface area contributed by atoms with Crippen molar-refractivity contribution in [3.8, 4) is 22.5 Å². The standard InChI is InChI=1S/C64H86Br2N2/c1-3-5-7-9-11-13-15-17-19-21-23-25-29-49-35-45-61-57(47-49)55-31-27-33-59(65)63(55)67(61)53-41-37-51(38-42-53)52-39-43-54(44-40-52)68-62-46-36-50(48-58(62)56-32-28-34-60(66)64(56)68)30-26-24-22-20-18-16-14-12-10-8-6-4-2/h27-28,31-34,37-44,49-50H,3-26,29-30,35-36,45-48H2,1-2H3. The lowest BCUT2D eigenvalue weighted by atomic mass is 9.83. The summed E-state index contributed by atoms with van der Waals surface area (Å²) >= 11 is 8.01. The Morgan fingerprint density at radius 3 is 1.06 bits per heavy atom. The highest BCUT2D eigenvalue weighted by molar-refractivity contribution is 9.11. The lowest BCUT2D eigenvalue weighted by molar-refractivity contribution is 0.401. The molecule has 2 aliphatic carbocycles. The first kappa shape index (κ1) is 51.3. The van der Waals surface area contributed by atoms with E-state index in [4.69, 9.17) is 0 Å². The third-order valence-corrected chi connectivity index (χ3v) is 17.7. The normalized spacial score (nSPS) is 15.9. The molecule has 2 heterocycles. The smallest absolute Gasteiger partial charge is 0.0676 e. The molecule has 0 fully saturated rings. The fourth-order valence-electron chi connectivity index (χ4n) is 12.5. The van der Waals surface area contributed by atoms with Crippen LogP contribution in [0.2, 0.25) is 0 Å². The number of aromatic nitrogens is 2. The third-order valence-electron chi connectivity index (χ3n) is 16.4. The summed E-state index contributed by atoms with van der Waals surface area (Å²) in [6.45, 7) is 4.62. The van der Waals surface area contributed by atoms with Gasteiger partial charge in [-0.1, -0.05) is 229 Å². The first-order valence-electron chi connectivity index (χ1n) is 28.4. The second-order valence-electron chi connectivity index (χ2n) is 21.5. The quantitative estimate of drug-likeness (QED) is 0.0414. The minimum absolute atomic E-state index is 0.802. The first-order chi connectivity index (χ1) is 33.6. The Hall–Kier alpha value is -3.08. The minimum Gasteiger partial charge on any atom is -0.312 e. The van der Waals surface area contributed by atoms with Crippen LogP contribution < -0.4 is 0 Å². The van der Waals surface area contributed by atoms with Gasteiger partial charge in [-0.05, 0) is 141 Å². The van der Waals surface area contributed by atoms with Crippen molar-refractivity contribution in [1.29, 1.82) is 0 Å². The van der Waals surface area contributed by atoms with Gasteiger partial charge in [-0.2, -0.15) is 0 Å². The zero-order chi connectivity index (χ0) is 46.9. The molecule has 2 nitrogen and oxygen atoms in total. The number of fused-ring (bicyclic) bond motifs is 6. The fraction of sp³-hybridized carbons (Fsp3) is 0.562. The Balaban J connectivity index is 0.866. The second kappa shape index (κ2) is 26.9. The van der Waals surface area contributed by atoms with E-state index in [9.17, 15) is 0 Å². The van der Waals surface area contributed by atoms with Gasteiger partial charge in [-0.3, -0.25) is 0 Å². The van der Waals surface area contributed by atoms with E-state index in [-0.39, 0.29) is 0 Å². The van der Waals surface area contributed by atoms with E-state index >= 15 is 0 Å². The number of hydrogen-bond acceptors (Lipinski definition) is 0. The molecule has 2 aromatic heterocycles. The first-order valence-corrected chi connectivity index (χ1v) is 30.0. The van der Waals surface area contributed by atoms with Gasteiger partial charge < -0.3 is 9.13 Å². The van der Waals surface area contributed by atoms with E-state index in [0.717, 1.165) is 24.7 Å². The molecule has 0 amide bonds. The van der Waals surface area contributed by atoms with Crippen LogP contribution in [0.15, 0.2) is 93.9 Å². The summed E-state index contributed by atoms with van der Waals surface area (Å²) in [5.74, 6) is 1.60. The maximum atomic E-state index is 4.00. The van der Waals surface area contributed by atoms with Crippen molar-refractivity contribution in [3.05, 3.63) is 116 Å². The molecule has 4 aromatic carbocycles. The topological polar surface area (TPSA) is 9.86 Å². The molecule has 366 valence electrons. The van der Waals surface area contributed by atoms with Gasteiger partial charge in [0, 0.05) is 42.5 Å². The van der Waals surface area contributed by atoms with Gasteiger partial charge in [0.1, 0.15) is 0 Å². The van der Waals surface area contributed by atoms with Crippen LogP contribution in [0.4, 0.5) is 0 Å². The Morgan fingerprint density at radius 2 is 0.721 bits per heavy atom. The number of rotatable bonds is 29. The van der Waals surface area contributed by atoms with E-state index in [1.54, 1.807) is 11.1 Å². The monoisotopic (exact) mass is 1040 g/mol. The van der Waals surface area contributed by atoms with Gasteiger partial charge in [0.25, 0.3) is 0 Å². The van der Waals surface area contributed by atoms with Gasteiger partial charge >= 0.3 is 0 Å². The molecule has 0 bridgehead atoms. The molecule has 2 aliphatic rings. The molecule has 0 saturated heterocycles. The predicted octanol–water partition coefficient (Wildman–Crippen LogP) is 21.2. The second-order valence-corrected chi connectivity index (χ2v) is 23.2. The van der Waals surface area contributed by atoms with Crippen molar-refractivity contribution in [3.63, 3.8) is 0 Å². The van der Waals surface area contributed by atoms with Crippen molar-refractivity contribution in [1.82, 2.24) is 9.13 Å². The average Bonchev–Trinajstić information content (AvgIpc) is 3.88. The molecule has 0 spiro atoms. The summed E-state index contributed by atoms with van der Waals surface area (Å²) in [6, 6.07) is 32.5. The molecule has 4 heteroatoms. The number of benzene rings is 4. The number of hydrogen-bond donors (Lipinski definition) is 0. The third kappa shape index (κ3) is 13.3. The van der Waals surface area contributed by atoms with Crippen LogP contribution in [-0.4, -0.2) is 9.13 Å². The molecule has 8 rings (SSSR count). The number of unbranched alkanes of at least 4 members (excludes halogenated alkanes) is 22. The van der Waals surface area contributed by atoms with Crippen LogP contribution in [0, 0.1) is 11.8 Å². The van der Waals surface area contributed by atoms with Gasteiger partial charge in [0.05, 0.1) is 11.0 Å². The highest BCUT2D eigenvalue weighted by Gasteiger charge is 2.28. The number of nitrogens with zero attached hydrogens (tertiary/aromatic N) is 2. The Kier molecular flexibility index (Phi) is 20.3. The van der Waals surface area contributed by atoms with E-state index < -0.39 is 0 Å². The molecule has 6 aromatic rings. The highest BCUT2D eigenvalue weighted by Crippen LogP contribution is 2.43. The van der Waals surface area contributed by atoms with Crippen LogP contribution in [-0.2, 0) is 25.7 Å². The minimum atomic E-state index is 0.802. The van der Waals surface area contributed by atoms with Crippen LogP contribution in [0.1, 0.15) is 216 Å². The lowest BCUT2D eigenvalue weighted by Gasteiger charge is -2.24. The molecule has 0 N–H and O–H groups in total. The van der Waals surface area contributed by atoms with E-state index in [2.05, 4.69) is 140 Å². The number of halogens is 2. The van der Waals surface area contributed by atoms with Crippen molar-refractivity contribution in [2.45, 2.75) is 219 Å². The summed E-state index contributed by atoms with van der Waals surface area (Å²) in [4.78, 5) is 0. The molecule has 0 radical (unpaired) electrons. The molecular weight excluding hydrogens is 957 g/mol. The zero-order valence-corrected chi connectivity index (χ0v) is 45.7. The molecule has 0 aliphatic heterocycles. The summed E-state index contributed by atoms with van der Waals surface area (Å²) in [5.41, 5.74) is 14.0. The van der Waals surface area contributed by atoms with Crippen LogP contribution in [0.3, 0.4) is 0 Å². The van der Waals surface area contributed by atoms with E-state index in [1.165, 1.54) is 257 Å². The summed E-state index contributed by atoms with van der Waals surface area (Å²) in [7, 11) is 0. The maximum Gasteiger partial charge on any atom is 0.0676 e. The molecule has 2 unspecified atom stereocenters. The zero-order valence-electron chi connectivity index (χ0n) is 42.5. The van der Waals surface area contributed by atoms with Crippen molar-refractivity contribution in [2.24, 2.45) is 11.8 Å². The van der Waals surface area contributed by atoms with E-state index in [0.29, 0.717) is 0 Å². The molecule has 68 heavy (non-hydrogen) atoms. The van der Waals surface area contributed by atoms with Crippen molar-refractivity contribution in [2.75, 3.05) is 0 Å². The fourth-order valence-corrected chi connectivity index (χ4v) is 13.6. The van der Waals surface area contributed by atoms with Gasteiger partial charge in [-0.15, -0.1) is 0 Å². The summed E-state index contributed by atoms with van der Waals surface area (Å²) in [5, 5.41) is 2.88. The predicted molar refractivity (Wildman–Crippen MR) is 303 cm³/mol. The summed E-state index contributed by atoms with van der Waals surface area (Å²) in [6.07, 6.45) is 44.3. The molecular formula is C64H86Br2N2. The van der Waals surface area contributed by atoms with Gasteiger partial charge in [0.2, 0.25) is 0 Å². The van der Waals surface area contributed by atoms with Crippen LogP contribution in [0.25, 0.3) is 44.3 Å². The summed E-state index contributed by atoms with van der Waals surface area (Å²) < 4.78 is 7.57. The Bertz CT molecular complexity index is 2260. The van der Waals surface area contributed by atoms with Gasteiger partial charge in [-0.25, -0.2) is 0 Å². The van der Waals surface area contributed by atoms with Crippen LogP contribution in [0.5, 0.6) is 0 Å². The van der Waals surface area contributed by atoms with E-state index in [1.807, 2.05) is 0 Å². The Morgan fingerprint density at radius 1 is 0.397 bits per heavy atom. The maximum absolute atomic E-state index is 4.00. The SMILES string of the molecule is CCCCCCCCCCCCCCC1CCc2c(c3cccc(Br)c3n2-c2ccc(-c3ccc(-n4c5c(c6cccc(Br)c64)CC(CCCCCCCCCCCCCC)CC5)cc3)cc2)C1. The van der Waals surface area contributed by atoms with Gasteiger partial charge in [0.15, 0.2) is 0 Å². The largest absolute Gasteiger partial charge is 0.312 e. The van der Waals surface area contributed by atoms with Crippen molar-refractivity contribution >= 4 is 53.7 Å². The number of para-hydroxylation sites is 2.